The molecule has 15 heavy (non-hydrogen) atoms. The first kappa shape index (κ1) is 9.91. The first-order valence-corrected chi connectivity index (χ1v) is 5.31. The van der Waals surface area contributed by atoms with Crippen LogP contribution in [-0.2, 0) is 0 Å². The molecule has 0 saturated heterocycles. The first-order chi connectivity index (χ1) is 7.38. The summed E-state index contributed by atoms with van der Waals surface area (Å²) in [7, 11) is 0. The van der Waals surface area contributed by atoms with Crippen molar-refractivity contribution in [2.45, 2.75) is 19.3 Å². The summed E-state index contributed by atoms with van der Waals surface area (Å²) in [6, 6.07) is 10.6. The van der Waals surface area contributed by atoms with Crippen molar-refractivity contribution in [2.75, 3.05) is 0 Å². The number of hydrogen-bond donors (Lipinski definition) is 0. The fraction of sp³-hybridized carbons (Fsp3) is 0.214. The normalized spacial score (nSPS) is 17.0. The minimum Gasteiger partial charge on any atom is -0.269 e. The third-order valence-electron chi connectivity index (χ3n) is 2.72. The van der Waals surface area contributed by atoms with Gasteiger partial charge >= 0.3 is 0 Å². The lowest BCUT2D eigenvalue weighted by Crippen LogP contribution is -1.95. The molecule has 0 radical (unpaired) electrons. The zero-order chi connectivity index (χ0) is 10.5. The molecular formula is C14H15N. The largest absolute Gasteiger partial charge is 0.269 e. The van der Waals surface area contributed by atoms with Crippen LogP contribution >= 0.6 is 0 Å². The Hall–Kier alpha value is -1.63. The van der Waals surface area contributed by atoms with Gasteiger partial charge in [0.1, 0.15) is 0 Å². The molecule has 0 aromatic heterocycles. The molecule has 1 nitrogen and oxygen atoms in total. The number of hydrogen-bond acceptors (Lipinski definition) is 1. The fourth-order valence-electron chi connectivity index (χ4n) is 1.76. The summed E-state index contributed by atoms with van der Waals surface area (Å²) in [5.41, 5.74) is 2.70. The average Bonchev–Trinajstić information content (AvgIpc) is 2.58. The van der Waals surface area contributed by atoms with E-state index in [1.807, 2.05) is 12.4 Å². The van der Waals surface area contributed by atoms with Crippen LogP contribution in [0.4, 0.5) is 0 Å². The van der Waals surface area contributed by atoms with Crippen molar-refractivity contribution in [1.82, 2.24) is 0 Å². The maximum absolute atomic E-state index is 4.14. The molecule has 1 aromatic rings. The van der Waals surface area contributed by atoms with Crippen molar-refractivity contribution in [1.29, 1.82) is 0 Å². The van der Waals surface area contributed by atoms with Gasteiger partial charge in [0.05, 0.1) is 0 Å². The van der Waals surface area contributed by atoms with Gasteiger partial charge in [0.2, 0.25) is 0 Å². The second-order valence-electron chi connectivity index (χ2n) is 3.72. The topological polar surface area (TPSA) is 12.4 Å². The SMILES string of the molecule is CC(C1=CCC=NC=C1)c1ccccc1. The fourth-order valence-corrected chi connectivity index (χ4v) is 1.76. The smallest absolute Gasteiger partial charge is 0.0266 e. The highest BCUT2D eigenvalue weighted by Crippen LogP contribution is 2.25. The van der Waals surface area contributed by atoms with Crippen LogP contribution in [0.15, 0.2) is 59.2 Å². The Bertz CT molecular complexity index is 399. The standard InChI is InChI=1S/C14H15N/c1-12(13-6-3-2-4-7-13)14-8-5-10-15-11-9-14/h2-4,6-12H,5H2,1H3. The Morgan fingerprint density at radius 3 is 2.80 bits per heavy atom. The molecule has 1 unspecified atom stereocenters. The number of aliphatic imine (C=N–C) groups is 1. The van der Waals surface area contributed by atoms with Gasteiger partial charge in [-0.15, -0.1) is 0 Å². The molecule has 76 valence electrons. The molecule has 0 amide bonds. The van der Waals surface area contributed by atoms with Crippen LogP contribution < -0.4 is 0 Å². The van der Waals surface area contributed by atoms with Crippen LogP contribution in [0.2, 0.25) is 0 Å². The van der Waals surface area contributed by atoms with Crippen LogP contribution in [0.3, 0.4) is 0 Å². The Kier molecular flexibility index (Phi) is 3.13. The molecule has 1 heterocycles. The monoisotopic (exact) mass is 197 g/mol. The van der Waals surface area contributed by atoms with Gasteiger partial charge in [-0.1, -0.05) is 43.3 Å². The lowest BCUT2D eigenvalue weighted by atomic mass is 9.92. The highest BCUT2D eigenvalue weighted by atomic mass is 14.7. The van der Waals surface area contributed by atoms with E-state index in [2.05, 4.69) is 54.4 Å². The van der Waals surface area contributed by atoms with E-state index in [0.29, 0.717) is 5.92 Å². The zero-order valence-electron chi connectivity index (χ0n) is 8.93. The minimum absolute atomic E-state index is 0.448. The number of allylic oxidation sites excluding steroid dienone is 3. The molecule has 0 bridgehead atoms. The summed E-state index contributed by atoms with van der Waals surface area (Å²) < 4.78 is 0. The maximum Gasteiger partial charge on any atom is 0.0266 e. The maximum atomic E-state index is 4.14. The number of rotatable bonds is 2. The quantitative estimate of drug-likeness (QED) is 0.685. The van der Waals surface area contributed by atoms with Crippen molar-refractivity contribution in [3.05, 3.63) is 59.8 Å². The third-order valence-corrected chi connectivity index (χ3v) is 2.72. The van der Waals surface area contributed by atoms with Gasteiger partial charge in [-0.05, 0) is 17.2 Å². The van der Waals surface area contributed by atoms with Gasteiger partial charge < -0.3 is 0 Å². The summed E-state index contributed by atoms with van der Waals surface area (Å²) >= 11 is 0. The summed E-state index contributed by atoms with van der Waals surface area (Å²) in [5, 5.41) is 0. The molecule has 1 atom stereocenters. The van der Waals surface area contributed by atoms with E-state index in [-0.39, 0.29) is 0 Å². The predicted molar refractivity (Wildman–Crippen MR) is 65.2 cm³/mol. The number of nitrogens with zero attached hydrogens (tertiary/aromatic N) is 1. The van der Waals surface area contributed by atoms with Crippen LogP contribution in [0, 0.1) is 0 Å². The average molecular weight is 197 g/mol. The van der Waals surface area contributed by atoms with E-state index >= 15 is 0 Å². The molecule has 1 aliphatic heterocycles. The van der Waals surface area contributed by atoms with Crippen molar-refractivity contribution < 1.29 is 0 Å². The van der Waals surface area contributed by atoms with Crippen LogP contribution in [-0.4, -0.2) is 6.21 Å². The molecule has 0 fully saturated rings. The van der Waals surface area contributed by atoms with E-state index in [0.717, 1.165) is 6.42 Å². The molecule has 0 saturated carbocycles. The van der Waals surface area contributed by atoms with Crippen molar-refractivity contribution in [2.24, 2.45) is 4.99 Å². The lowest BCUT2D eigenvalue weighted by molar-refractivity contribution is 0.917. The zero-order valence-corrected chi connectivity index (χ0v) is 8.93. The van der Waals surface area contributed by atoms with E-state index in [1.165, 1.54) is 11.1 Å². The highest BCUT2D eigenvalue weighted by molar-refractivity contribution is 5.62. The first-order valence-electron chi connectivity index (χ1n) is 5.31. The molecule has 2 rings (SSSR count). The Labute approximate surface area is 90.9 Å². The van der Waals surface area contributed by atoms with Crippen LogP contribution in [0.1, 0.15) is 24.8 Å². The van der Waals surface area contributed by atoms with E-state index in [4.69, 9.17) is 0 Å². The van der Waals surface area contributed by atoms with Gasteiger partial charge in [0, 0.05) is 24.8 Å². The predicted octanol–water partition coefficient (Wildman–Crippen LogP) is 3.70. The van der Waals surface area contributed by atoms with Gasteiger partial charge in [-0.25, -0.2) is 0 Å². The molecule has 0 spiro atoms. The summed E-state index contributed by atoms with van der Waals surface area (Å²) in [4.78, 5) is 4.14. The van der Waals surface area contributed by atoms with Crippen LogP contribution in [0.25, 0.3) is 0 Å². The van der Waals surface area contributed by atoms with Crippen molar-refractivity contribution in [3.63, 3.8) is 0 Å². The highest BCUT2D eigenvalue weighted by Gasteiger charge is 2.08. The van der Waals surface area contributed by atoms with Gasteiger partial charge in [0.25, 0.3) is 0 Å². The van der Waals surface area contributed by atoms with Gasteiger partial charge in [-0.2, -0.15) is 0 Å². The minimum atomic E-state index is 0.448. The summed E-state index contributed by atoms with van der Waals surface area (Å²) in [6.07, 6.45) is 9.07. The molecule has 0 aliphatic carbocycles. The molecule has 1 aliphatic rings. The summed E-state index contributed by atoms with van der Waals surface area (Å²) in [5.74, 6) is 0.448. The molecule has 1 aromatic carbocycles. The molecule has 0 N–H and O–H groups in total. The van der Waals surface area contributed by atoms with E-state index in [9.17, 15) is 0 Å². The lowest BCUT2D eigenvalue weighted by Gasteiger charge is -2.12. The second-order valence-corrected chi connectivity index (χ2v) is 3.72. The number of benzene rings is 1. The second kappa shape index (κ2) is 4.74. The Morgan fingerprint density at radius 1 is 1.20 bits per heavy atom. The Balaban J connectivity index is 2.21. The van der Waals surface area contributed by atoms with E-state index < -0.39 is 0 Å². The van der Waals surface area contributed by atoms with Crippen LogP contribution in [0.5, 0.6) is 0 Å². The van der Waals surface area contributed by atoms with Gasteiger partial charge in [0.15, 0.2) is 0 Å². The third kappa shape index (κ3) is 2.44. The summed E-state index contributed by atoms with van der Waals surface area (Å²) in [6.45, 7) is 2.23. The Morgan fingerprint density at radius 2 is 2.00 bits per heavy atom. The van der Waals surface area contributed by atoms with E-state index in [1.54, 1.807) is 0 Å². The molecule has 1 heteroatoms. The van der Waals surface area contributed by atoms with Crippen molar-refractivity contribution in [3.8, 4) is 0 Å². The van der Waals surface area contributed by atoms with Crippen molar-refractivity contribution >= 4 is 6.21 Å². The molecular weight excluding hydrogens is 182 g/mol. The van der Waals surface area contributed by atoms with Gasteiger partial charge in [-0.3, -0.25) is 4.99 Å².